The SMILES string of the molecule is CNCC(COC)SC(C)=O. The number of thioether (sulfide) groups is 1. The smallest absolute Gasteiger partial charge is 0.186 e. The molecule has 0 aliphatic rings. The molecule has 1 N–H and O–H groups in total. The number of hydrogen-bond acceptors (Lipinski definition) is 4. The second-order valence-corrected chi connectivity index (χ2v) is 3.72. The molecule has 0 aliphatic carbocycles. The molecule has 0 aromatic rings. The second kappa shape index (κ2) is 6.64. The molecular formula is C7H15NO2S. The van der Waals surface area contributed by atoms with Crippen LogP contribution in [0.5, 0.6) is 0 Å². The van der Waals surface area contributed by atoms with E-state index in [2.05, 4.69) is 5.32 Å². The molecule has 0 bridgehead atoms. The van der Waals surface area contributed by atoms with Crippen LogP contribution in [0.4, 0.5) is 0 Å². The first kappa shape index (κ1) is 10.9. The minimum atomic E-state index is 0.141. The van der Waals surface area contributed by atoms with Gasteiger partial charge in [-0.05, 0) is 7.05 Å². The Morgan fingerprint density at radius 1 is 1.73 bits per heavy atom. The zero-order chi connectivity index (χ0) is 8.69. The Hall–Kier alpha value is -0.0600. The van der Waals surface area contributed by atoms with E-state index in [9.17, 15) is 4.79 Å². The molecule has 0 spiro atoms. The Balaban J connectivity index is 3.59. The van der Waals surface area contributed by atoms with Crippen molar-refractivity contribution in [2.45, 2.75) is 12.2 Å². The molecule has 1 atom stereocenters. The third-order valence-electron chi connectivity index (χ3n) is 1.12. The van der Waals surface area contributed by atoms with E-state index in [0.29, 0.717) is 6.61 Å². The molecule has 0 amide bonds. The number of hydrogen-bond donors (Lipinski definition) is 1. The van der Waals surface area contributed by atoms with Gasteiger partial charge < -0.3 is 10.1 Å². The van der Waals surface area contributed by atoms with Gasteiger partial charge in [-0.15, -0.1) is 0 Å². The molecule has 0 aromatic heterocycles. The molecule has 0 radical (unpaired) electrons. The van der Waals surface area contributed by atoms with Crippen molar-refractivity contribution in [3.05, 3.63) is 0 Å². The van der Waals surface area contributed by atoms with E-state index >= 15 is 0 Å². The summed E-state index contributed by atoms with van der Waals surface area (Å²) in [6, 6.07) is 0. The lowest BCUT2D eigenvalue weighted by molar-refractivity contribution is -0.109. The highest BCUT2D eigenvalue weighted by Gasteiger charge is 2.09. The highest BCUT2D eigenvalue weighted by molar-refractivity contribution is 8.14. The molecule has 0 aromatic carbocycles. The van der Waals surface area contributed by atoms with Crippen LogP contribution < -0.4 is 5.32 Å². The minimum Gasteiger partial charge on any atom is -0.383 e. The van der Waals surface area contributed by atoms with Crippen molar-refractivity contribution in [3.8, 4) is 0 Å². The van der Waals surface area contributed by atoms with Crippen molar-refractivity contribution in [1.29, 1.82) is 0 Å². The maximum absolute atomic E-state index is 10.7. The Morgan fingerprint density at radius 3 is 2.73 bits per heavy atom. The van der Waals surface area contributed by atoms with Crippen molar-refractivity contribution in [2.24, 2.45) is 0 Å². The van der Waals surface area contributed by atoms with Crippen molar-refractivity contribution in [2.75, 3.05) is 27.3 Å². The van der Waals surface area contributed by atoms with Crippen LogP contribution in [0, 0.1) is 0 Å². The molecule has 0 rings (SSSR count). The van der Waals surface area contributed by atoms with E-state index in [1.54, 1.807) is 14.0 Å². The fraction of sp³-hybridized carbons (Fsp3) is 0.857. The van der Waals surface area contributed by atoms with Crippen molar-refractivity contribution in [3.63, 3.8) is 0 Å². The monoisotopic (exact) mass is 177 g/mol. The summed E-state index contributed by atoms with van der Waals surface area (Å²) in [7, 11) is 3.51. The molecule has 0 heterocycles. The number of nitrogens with one attached hydrogen (secondary N) is 1. The van der Waals surface area contributed by atoms with Gasteiger partial charge in [-0.25, -0.2) is 0 Å². The zero-order valence-electron chi connectivity index (χ0n) is 7.22. The van der Waals surface area contributed by atoms with Gasteiger partial charge in [0.25, 0.3) is 0 Å². The average Bonchev–Trinajstić information content (AvgIpc) is 1.87. The molecule has 0 saturated heterocycles. The predicted octanol–water partition coefficient (Wildman–Crippen LogP) is 0.500. The third-order valence-corrected chi connectivity index (χ3v) is 2.08. The lowest BCUT2D eigenvalue weighted by Gasteiger charge is -2.12. The number of carbonyl (C=O) groups is 1. The van der Waals surface area contributed by atoms with Crippen LogP contribution in [0.15, 0.2) is 0 Å². The van der Waals surface area contributed by atoms with E-state index in [4.69, 9.17) is 4.74 Å². The Kier molecular flexibility index (Phi) is 6.60. The van der Waals surface area contributed by atoms with Crippen molar-refractivity contribution < 1.29 is 9.53 Å². The summed E-state index contributed by atoms with van der Waals surface area (Å²) in [5.74, 6) is 0. The maximum atomic E-state index is 10.7. The second-order valence-electron chi connectivity index (χ2n) is 2.24. The summed E-state index contributed by atoms with van der Waals surface area (Å²) >= 11 is 1.32. The highest BCUT2D eigenvalue weighted by atomic mass is 32.2. The Labute approximate surface area is 71.9 Å². The molecule has 3 nitrogen and oxygen atoms in total. The van der Waals surface area contributed by atoms with E-state index in [1.807, 2.05) is 7.05 Å². The molecule has 1 unspecified atom stereocenters. The highest BCUT2D eigenvalue weighted by Crippen LogP contribution is 2.10. The fourth-order valence-corrected chi connectivity index (χ4v) is 1.71. The first-order chi connectivity index (χ1) is 5.20. The van der Waals surface area contributed by atoms with Gasteiger partial charge in [0.05, 0.1) is 6.61 Å². The van der Waals surface area contributed by atoms with E-state index in [-0.39, 0.29) is 10.4 Å². The van der Waals surface area contributed by atoms with E-state index in [0.717, 1.165) is 6.54 Å². The third kappa shape index (κ3) is 6.34. The summed E-state index contributed by atoms with van der Waals surface area (Å²) in [4.78, 5) is 10.7. The van der Waals surface area contributed by atoms with Crippen molar-refractivity contribution in [1.82, 2.24) is 5.32 Å². The van der Waals surface area contributed by atoms with Crippen LogP contribution in [-0.2, 0) is 9.53 Å². The first-order valence-electron chi connectivity index (χ1n) is 3.51. The summed E-state index contributed by atoms with van der Waals surface area (Å²) in [5.41, 5.74) is 0. The van der Waals surface area contributed by atoms with Gasteiger partial charge in [0.2, 0.25) is 0 Å². The number of carbonyl (C=O) groups excluding carboxylic acids is 1. The lowest BCUT2D eigenvalue weighted by atomic mass is 10.4. The van der Waals surface area contributed by atoms with Gasteiger partial charge in [0.15, 0.2) is 5.12 Å². The maximum Gasteiger partial charge on any atom is 0.186 e. The van der Waals surface area contributed by atoms with Crippen molar-refractivity contribution >= 4 is 16.9 Å². The summed E-state index contributed by atoms with van der Waals surface area (Å²) in [6.45, 7) is 2.99. The summed E-state index contributed by atoms with van der Waals surface area (Å²) < 4.78 is 4.94. The zero-order valence-corrected chi connectivity index (χ0v) is 8.03. The Morgan fingerprint density at radius 2 is 2.36 bits per heavy atom. The predicted molar refractivity (Wildman–Crippen MR) is 47.9 cm³/mol. The van der Waals surface area contributed by atoms with Gasteiger partial charge in [-0.1, -0.05) is 11.8 Å². The molecule has 66 valence electrons. The molecule has 11 heavy (non-hydrogen) atoms. The van der Waals surface area contributed by atoms with Gasteiger partial charge in [-0.2, -0.15) is 0 Å². The number of ether oxygens (including phenoxy) is 1. The van der Waals surface area contributed by atoms with Crippen LogP contribution in [0.25, 0.3) is 0 Å². The van der Waals surface area contributed by atoms with Gasteiger partial charge in [-0.3, -0.25) is 4.79 Å². The van der Waals surface area contributed by atoms with Gasteiger partial charge >= 0.3 is 0 Å². The van der Waals surface area contributed by atoms with Crippen LogP contribution in [0.2, 0.25) is 0 Å². The van der Waals surface area contributed by atoms with E-state index < -0.39 is 0 Å². The summed E-state index contributed by atoms with van der Waals surface area (Å²) in [6.07, 6.45) is 0. The van der Waals surface area contributed by atoms with Gasteiger partial charge in [0.1, 0.15) is 0 Å². The normalized spacial score (nSPS) is 13.0. The topological polar surface area (TPSA) is 38.3 Å². The number of rotatable bonds is 5. The first-order valence-corrected chi connectivity index (χ1v) is 4.39. The fourth-order valence-electron chi connectivity index (χ4n) is 0.783. The average molecular weight is 177 g/mol. The van der Waals surface area contributed by atoms with Crippen LogP contribution >= 0.6 is 11.8 Å². The molecule has 0 fully saturated rings. The molecule has 0 saturated carbocycles. The number of methoxy groups -OCH3 is 1. The lowest BCUT2D eigenvalue weighted by Crippen LogP contribution is -2.25. The van der Waals surface area contributed by atoms with Crippen LogP contribution in [0.3, 0.4) is 0 Å². The molecular weight excluding hydrogens is 162 g/mol. The largest absolute Gasteiger partial charge is 0.383 e. The van der Waals surface area contributed by atoms with E-state index in [1.165, 1.54) is 11.8 Å². The van der Waals surface area contributed by atoms with Gasteiger partial charge in [0, 0.05) is 25.8 Å². The quantitative estimate of drug-likeness (QED) is 0.663. The Bertz CT molecular complexity index is 113. The minimum absolute atomic E-state index is 0.141. The van der Waals surface area contributed by atoms with Crippen LogP contribution in [-0.4, -0.2) is 37.7 Å². The standard InChI is InChI=1S/C7H15NO2S/c1-6(9)11-7(4-8-2)5-10-3/h7-8H,4-5H2,1-3H3. The summed E-state index contributed by atoms with van der Waals surface area (Å²) in [5, 5.41) is 3.38. The van der Waals surface area contributed by atoms with Crippen LogP contribution in [0.1, 0.15) is 6.92 Å². The molecule has 0 aliphatic heterocycles. The molecule has 4 heteroatoms.